The van der Waals surface area contributed by atoms with Crippen LogP contribution in [-0.2, 0) is 0 Å². The molecular formula is C19H33N5O. The minimum absolute atomic E-state index is 0.0191. The number of nitrogens with zero attached hydrogens (tertiary/aromatic N) is 4. The third-order valence-corrected chi connectivity index (χ3v) is 5.88. The molecule has 3 heterocycles. The third kappa shape index (κ3) is 4.23. The van der Waals surface area contributed by atoms with Crippen LogP contribution in [0.15, 0.2) is 17.1 Å². The molecule has 2 saturated heterocycles. The summed E-state index contributed by atoms with van der Waals surface area (Å²) in [5.74, 6) is 0. The van der Waals surface area contributed by atoms with Crippen LogP contribution in [-0.4, -0.2) is 60.5 Å². The number of hydrogen-bond donors (Lipinski definition) is 1. The third-order valence-electron chi connectivity index (χ3n) is 5.88. The van der Waals surface area contributed by atoms with E-state index < -0.39 is 0 Å². The lowest BCUT2D eigenvalue weighted by Gasteiger charge is -2.37. The van der Waals surface area contributed by atoms with E-state index in [-0.39, 0.29) is 11.6 Å². The summed E-state index contributed by atoms with van der Waals surface area (Å²) in [7, 11) is 2.00. The maximum Gasteiger partial charge on any atom is 0.269 e. The van der Waals surface area contributed by atoms with Gasteiger partial charge in [-0.3, -0.25) is 4.79 Å². The van der Waals surface area contributed by atoms with Crippen molar-refractivity contribution in [3.05, 3.63) is 22.6 Å². The molecule has 2 fully saturated rings. The number of likely N-dealkylation sites (tertiary alicyclic amines) is 1. The van der Waals surface area contributed by atoms with E-state index in [1.807, 2.05) is 13.2 Å². The van der Waals surface area contributed by atoms with E-state index in [1.54, 1.807) is 10.7 Å². The Hall–Kier alpha value is -1.40. The summed E-state index contributed by atoms with van der Waals surface area (Å²) >= 11 is 0. The molecule has 3 rings (SSSR count). The van der Waals surface area contributed by atoms with Gasteiger partial charge in [-0.25, -0.2) is 4.68 Å². The summed E-state index contributed by atoms with van der Waals surface area (Å²) < 4.78 is 1.71. The first-order valence-corrected chi connectivity index (χ1v) is 9.63. The molecule has 2 aliphatic heterocycles. The van der Waals surface area contributed by atoms with E-state index >= 15 is 0 Å². The molecule has 2 atom stereocenters. The number of rotatable bonds is 5. The van der Waals surface area contributed by atoms with Crippen molar-refractivity contribution in [3.63, 3.8) is 0 Å². The summed E-state index contributed by atoms with van der Waals surface area (Å²) in [5, 5.41) is 7.99. The summed E-state index contributed by atoms with van der Waals surface area (Å²) in [6.45, 7) is 12.0. The Kier molecular flexibility index (Phi) is 5.49. The van der Waals surface area contributed by atoms with Crippen molar-refractivity contribution in [2.24, 2.45) is 5.41 Å². The molecule has 0 bridgehead atoms. The maximum absolute atomic E-state index is 12.6. The Morgan fingerprint density at radius 2 is 2.28 bits per heavy atom. The minimum Gasteiger partial charge on any atom is -0.371 e. The fraction of sp³-hybridized carbons (Fsp3) is 0.789. The van der Waals surface area contributed by atoms with Gasteiger partial charge < -0.3 is 15.1 Å². The van der Waals surface area contributed by atoms with Crippen LogP contribution in [0.5, 0.6) is 0 Å². The van der Waals surface area contributed by atoms with Crippen molar-refractivity contribution in [1.82, 2.24) is 20.0 Å². The Morgan fingerprint density at radius 1 is 1.48 bits per heavy atom. The molecule has 2 aliphatic rings. The molecular weight excluding hydrogens is 314 g/mol. The fourth-order valence-electron chi connectivity index (χ4n) is 4.09. The highest BCUT2D eigenvalue weighted by atomic mass is 16.1. The van der Waals surface area contributed by atoms with Crippen molar-refractivity contribution in [2.45, 2.75) is 52.1 Å². The smallest absolute Gasteiger partial charge is 0.269 e. The minimum atomic E-state index is 0.0191. The van der Waals surface area contributed by atoms with Crippen LogP contribution in [0.1, 0.15) is 46.1 Å². The van der Waals surface area contributed by atoms with Crippen molar-refractivity contribution in [3.8, 4) is 0 Å². The zero-order chi connectivity index (χ0) is 18.0. The van der Waals surface area contributed by atoms with E-state index in [4.69, 9.17) is 0 Å². The van der Waals surface area contributed by atoms with Crippen molar-refractivity contribution in [1.29, 1.82) is 0 Å². The van der Waals surface area contributed by atoms with Gasteiger partial charge in [0.05, 0.1) is 17.9 Å². The number of piperidine rings is 1. The average molecular weight is 348 g/mol. The molecule has 1 N–H and O–H groups in total. The summed E-state index contributed by atoms with van der Waals surface area (Å²) in [4.78, 5) is 17.2. The Bertz CT molecular complexity index is 635. The topological polar surface area (TPSA) is 53.4 Å². The Morgan fingerprint density at radius 3 is 2.92 bits per heavy atom. The van der Waals surface area contributed by atoms with Crippen LogP contribution < -0.4 is 15.8 Å². The van der Waals surface area contributed by atoms with Gasteiger partial charge in [-0.05, 0) is 51.6 Å². The SMILES string of the molecule is CC(C)N(C)c1cnn(C2CCCN(CC3(C)CCNC3)C2)c(=O)c1. The molecule has 25 heavy (non-hydrogen) atoms. The molecule has 2 unspecified atom stereocenters. The van der Waals surface area contributed by atoms with Crippen molar-refractivity contribution in [2.75, 3.05) is 44.7 Å². The maximum atomic E-state index is 12.6. The van der Waals surface area contributed by atoms with Crippen LogP contribution in [0.4, 0.5) is 5.69 Å². The zero-order valence-electron chi connectivity index (χ0n) is 16.2. The highest BCUT2D eigenvalue weighted by Crippen LogP contribution is 2.29. The first-order chi connectivity index (χ1) is 11.9. The molecule has 0 aliphatic carbocycles. The molecule has 1 aromatic rings. The molecule has 0 aromatic carbocycles. The Labute approximate surface area is 151 Å². The number of aromatic nitrogens is 2. The zero-order valence-corrected chi connectivity index (χ0v) is 16.2. The summed E-state index contributed by atoms with van der Waals surface area (Å²) in [5.41, 5.74) is 1.28. The predicted octanol–water partition coefficient (Wildman–Crippen LogP) is 1.72. The lowest BCUT2D eigenvalue weighted by atomic mass is 9.88. The van der Waals surface area contributed by atoms with Gasteiger partial charge in [-0.2, -0.15) is 5.10 Å². The van der Waals surface area contributed by atoms with Gasteiger partial charge >= 0.3 is 0 Å². The van der Waals surface area contributed by atoms with Crippen molar-refractivity contribution >= 4 is 5.69 Å². The normalized spacial score (nSPS) is 27.8. The van der Waals surface area contributed by atoms with Gasteiger partial charge in [0.15, 0.2) is 0 Å². The number of nitrogens with one attached hydrogen (secondary N) is 1. The molecule has 0 amide bonds. The first-order valence-electron chi connectivity index (χ1n) is 9.63. The second kappa shape index (κ2) is 7.46. The van der Waals surface area contributed by atoms with E-state index in [9.17, 15) is 4.79 Å². The Balaban J connectivity index is 1.70. The second-order valence-electron chi connectivity index (χ2n) is 8.47. The van der Waals surface area contributed by atoms with Gasteiger partial charge in [0.2, 0.25) is 0 Å². The molecule has 1 aromatic heterocycles. The fourth-order valence-corrected chi connectivity index (χ4v) is 4.09. The van der Waals surface area contributed by atoms with E-state index in [0.717, 1.165) is 51.3 Å². The van der Waals surface area contributed by atoms with Gasteiger partial charge in [0.25, 0.3) is 5.56 Å². The lowest BCUT2D eigenvalue weighted by molar-refractivity contribution is 0.117. The molecule has 0 radical (unpaired) electrons. The molecule has 6 heteroatoms. The van der Waals surface area contributed by atoms with Gasteiger partial charge in [0.1, 0.15) is 0 Å². The average Bonchev–Trinajstić information content (AvgIpc) is 3.00. The van der Waals surface area contributed by atoms with E-state index in [0.29, 0.717) is 11.5 Å². The second-order valence-corrected chi connectivity index (χ2v) is 8.47. The van der Waals surface area contributed by atoms with E-state index in [2.05, 4.69) is 41.0 Å². The highest BCUT2D eigenvalue weighted by molar-refractivity contribution is 5.42. The number of anilines is 1. The molecule has 6 nitrogen and oxygen atoms in total. The van der Waals surface area contributed by atoms with Gasteiger partial charge in [-0.1, -0.05) is 6.92 Å². The highest BCUT2D eigenvalue weighted by Gasteiger charge is 2.33. The van der Waals surface area contributed by atoms with Crippen LogP contribution in [0.25, 0.3) is 0 Å². The molecule has 0 spiro atoms. The summed E-state index contributed by atoms with van der Waals surface area (Å²) in [6.07, 6.45) is 5.25. The molecule has 0 saturated carbocycles. The van der Waals surface area contributed by atoms with E-state index in [1.165, 1.54) is 6.42 Å². The van der Waals surface area contributed by atoms with Gasteiger partial charge in [-0.15, -0.1) is 0 Å². The molecule has 140 valence electrons. The quantitative estimate of drug-likeness (QED) is 0.879. The van der Waals surface area contributed by atoms with Crippen molar-refractivity contribution < 1.29 is 0 Å². The van der Waals surface area contributed by atoms with Crippen LogP contribution in [0, 0.1) is 5.41 Å². The van der Waals surface area contributed by atoms with Crippen LogP contribution >= 0.6 is 0 Å². The van der Waals surface area contributed by atoms with Crippen LogP contribution in [0.2, 0.25) is 0 Å². The predicted molar refractivity (Wildman–Crippen MR) is 102 cm³/mol. The largest absolute Gasteiger partial charge is 0.371 e. The standard InChI is InChI=1S/C19H33N5O/c1-15(2)22(4)17-10-18(25)24(21-11-17)16-6-5-9-23(12-16)14-19(3)7-8-20-13-19/h10-11,15-16,20H,5-9,12-14H2,1-4H3. The first kappa shape index (κ1) is 18.4. The monoisotopic (exact) mass is 347 g/mol. The van der Waals surface area contributed by atoms with Crippen LogP contribution in [0.3, 0.4) is 0 Å². The summed E-state index contributed by atoms with van der Waals surface area (Å²) in [6, 6.07) is 2.27. The van der Waals surface area contributed by atoms with Gasteiger partial charge in [0, 0.05) is 38.8 Å². The lowest BCUT2D eigenvalue weighted by Crippen LogP contribution is -2.45. The number of hydrogen-bond acceptors (Lipinski definition) is 5.